The summed E-state index contributed by atoms with van der Waals surface area (Å²) in [4.78, 5) is 13.3. The molecule has 0 radical (unpaired) electrons. The standard InChI is InChI=1S/C21H30O4/c1-12-13-4-7-21(18(12)24)15(8-13)20-6-3-5-19(2,11-25-17(20)10-22)14(20)9-16(21)23/h13-17,22-23H,1,3-11H2,2H3/t13-,14?,15?,16+,17-,19-,20-,21?/m0/s1. The summed E-state index contributed by atoms with van der Waals surface area (Å²) in [5, 5.41) is 21.4. The number of fused-ring (bicyclic) bond motifs is 2. The first-order valence-corrected chi connectivity index (χ1v) is 10.0. The molecule has 4 nitrogen and oxygen atoms in total. The number of aliphatic hydroxyl groups is 2. The third kappa shape index (κ3) is 1.68. The van der Waals surface area contributed by atoms with Crippen LogP contribution in [-0.4, -0.2) is 41.4 Å². The van der Waals surface area contributed by atoms with Gasteiger partial charge in [-0.3, -0.25) is 4.79 Å². The zero-order chi connectivity index (χ0) is 17.6. The Hall–Kier alpha value is -0.710. The summed E-state index contributed by atoms with van der Waals surface area (Å²) in [7, 11) is 0. The van der Waals surface area contributed by atoms with Crippen molar-refractivity contribution in [3.63, 3.8) is 0 Å². The van der Waals surface area contributed by atoms with Crippen LogP contribution in [0.25, 0.3) is 0 Å². The van der Waals surface area contributed by atoms with Crippen molar-refractivity contribution in [2.75, 3.05) is 13.2 Å². The molecule has 25 heavy (non-hydrogen) atoms. The van der Waals surface area contributed by atoms with E-state index >= 15 is 0 Å². The molecule has 1 spiro atoms. The number of hydrogen-bond acceptors (Lipinski definition) is 4. The number of carbonyl (C=O) groups excluding carboxylic acids is 1. The average Bonchev–Trinajstić information content (AvgIpc) is 2.60. The highest BCUT2D eigenvalue weighted by Gasteiger charge is 2.74. The minimum absolute atomic E-state index is 0.0229. The van der Waals surface area contributed by atoms with Crippen LogP contribution in [0.2, 0.25) is 0 Å². The number of ketones is 1. The van der Waals surface area contributed by atoms with Gasteiger partial charge in [0.15, 0.2) is 5.78 Å². The van der Waals surface area contributed by atoms with Crippen LogP contribution in [0.4, 0.5) is 0 Å². The molecule has 0 aromatic rings. The second-order valence-electron chi connectivity index (χ2n) is 9.82. The van der Waals surface area contributed by atoms with E-state index in [4.69, 9.17) is 4.74 Å². The van der Waals surface area contributed by atoms with Crippen LogP contribution in [-0.2, 0) is 9.53 Å². The number of carbonyl (C=O) groups is 1. The van der Waals surface area contributed by atoms with Gasteiger partial charge in [0.2, 0.25) is 0 Å². The van der Waals surface area contributed by atoms with Gasteiger partial charge < -0.3 is 14.9 Å². The first kappa shape index (κ1) is 16.5. The molecule has 0 amide bonds. The van der Waals surface area contributed by atoms with Crippen molar-refractivity contribution in [3.8, 4) is 0 Å². The number of ether oxygens (including phenoxy) is 1. The molecule has 2 N–H and O–H groups in total. The maximum atomic E-state index is 13.3. The summed E-state index contributed by atoms with van der Waals surface area (Å²) in [5.41, 5.74) is -0.0288. The lowest BCUT2D eigenvalue weighted by Crippen LogP contribution is -2.74. The number of allylic oxidation sites excluding steroid dienone is 1. The number of rotatable bonds is 1. The van der Waals surface area contributed by atoms with Crippen LogP contribution >= 0.6 is 0 Å². The maximum Gasteiger partial charge on any atom is 0.167 e. The first-order chi connectivity index (χ1) is 11.9. The Morgan fingerprint density at radius 1 is 1.24 bits per heavy atom. The predicted molar refractivity (Wildman–Crippen MR) is 92.7 cm³/mol. The molecule has 138 valence electrons. The summed E-state index contributed by atoms with van der Waals surface area (Å²) in [6.07, 6.45) is 5.88. The maximum absolute atomic E-state index is 13.3. The molecule has 1 aliphatic heterocycles. The molecule has 4 bridgehead atoms. The van der Waals surface area contributed by atoms with Gasteiger partial charge in [0.25, 0.3) is 0 Å². The Balaban J connectivity index is 1.71. The molecule has 4 heteroatoms. The molecule has 6 rings (SSSR count). The van der Waals surface area contributed by atoms with Crippen LogP contribution in [0, 0.1) is 34.0 Å². The van der Waals surface area contributed by atoms with Crippen molar-refractivity contribution in [2.45, 2.75) is 64.1 Å². The van der Waals surface area contributed by atoms with Crippen molar-refractivity contribution in [1.29, 1.82) is 0 Å². The highest BCUT2D eigenvalue weighted by molar-refractivity contribution is 6.02. The van der Waals surface area contributed by atoms with E-state index in [1.54, 1.807) is 0 Å². The van der Waals surface area contributed by atoms with E-state index in [0.29, 0.717) is 18.9 Å². The van der Waals surface area contributed by atoms with Crippen molar-refractivity contribution < 1.29 is 19.7 Å². The molecule has 1 saturated heterocycles. The zero-order valence-corrected chi connectivity index (χ0v) is 15.2. The number of aliphatic hydroxyl groups excluding tert-OH is 2. The lowest BCUT2D eigenvalue weighted by atomic mass is 9.34. The molecule has 3 unspecified atom stereocenters. The minimum atomic E-state index is -0.672. The highest BCUT2D eigenvalue weighted by atomic mass is 16.5. The quantitative estimate of drug-likeness (QED) is 0.716. The molecule has 6 aliphatic rings. The summed E-state index contributed by atoms with van der Waals surface area (Å²) >= 11 is 0. The van der Waals surface area contributed by atoms with Crippen LogP contribution in [0.15, 0.2) is 12.2 Å². The lowest BCUT2D eigenvalue weighted by molar-refractivity contribution is -0.300. The van der Waals surface area contributed by atoms with E-state index in [-0.39, 0.29) is 41.2 Å². The van der Waals surface area contributed by atoms with E-state index < -0.39 is 11.5 Å². The number of hydrogen-bond donors (Lipinski definition) is 2. The Kier molecular flexibility index (Phi) is 3.27. The molecule has 5 saturated carbocycles. The topological polar surface area (TPSA) is 66.8 Å². The highest BCUT2D eigenvalue weighted by Crippen LogP contribution is 2.73. The third-order valence-electron chi connectivity index (χ3n) is 9.19. The third-order valence-corrected chi connectivity index (χ3v) is 9.19. The van der Waals surface area contributed by atoms with Gasteiger partial charge in [-0.05, 0) is 67.3 Å². The molecule has 5 aliphatic carbocycles. The zero-order valence-electron chi connectivity index (χ0n) is 15.2. The Morgan fingerprint density at radius 3 is 2.80 bits per heavy atom. The monoisotopic (exact) mass is 346 g/mol. The Labute approximate surface area is 149 Å². The van der Waals surface area contributed by atoms with E-state index in [9.17, 15) is 15.0 Å². The van der Waals surface area contributed by atoms with Crippen LogP contribution in [0.1, 0.15) is 51.9 Å². The van der Waals surface area contributed by atoms with E-state index in [0.717, 1.165) is 44.1 Å². The fraction of sp³-hybridized carbons (Fsp3) is 0.857. The Bertz CT molecular complexity index is 644. The van der Waals surface area contributed by atoms with Gasteiger partial charge in [0, 0.05) is 5.41 Å². The van der Waals surface area contributed by atoms with Crippen molar-refractivity contribution in [1.82, 2.24) is 0 Å². The number of Topliss-reactive ketones (excluding diaryl/α,β-unsaturated/α-hetero) is 1. The summed E-state index contributed by atoms with van der Waals surface area (Å²) in [6.45, 7) is 7.08. The predicted octanol–water partition coefficient (Wildman–Crippen LogP) is 2.48. The fourth-order valence-electron chi connectivity index (χ4n) is 8.12. The van der Waals surface area contributed by atoms with Crippen LogP contribution in [0.5, 0.6) is 0 Å². The lowest BCUT2D eigenvalue weighted by Gasteiger charge is -2.72. The van der Waals surface area contributed by atoms with Crippen molar-refractivity contribution >= 4 is 5.78 Å². The summed E-state index contributed by atoms with van der Waals surface area (Å²) in [5.74, 6) is 0.845. The van der Waals surface area contributed by atoms with Gasteiger partial charge in [-0.1, -0.05) is 19.9 Å². The molecule has 0 aromatic heterocycles. The van der Waals surface area contributed by atoms with Crippen molar-refractivity contribution in [2.24, 2.45) is 34.0 Å². The molecular weight excluding hydrogens is 316 g/mol. The minimum Gasteiger partial charge on any atom is -0.394 e. The van der Waals surface area contributed by atoms with E-state index in [2.05, 4.69) is 13.5 Å². The van der Waals surface area contributed by atoms with Gasteiger partial charge in [-0.25, -0.2) is 0 Å². The fourth-order valence-corrected chi connectivity index (χ4v) is 8.12. The second-order valence-corrected chi connectivity index (χ2v) is 9.82. The molecule has 8 atom stereocenters. The summed E-state index contributed by atoms with van der Waals surface area (Å²) in [6, 6.07) is 0. The summed E-state index contributed by atoms with van der Waals surface area (Å²) < 4.78 is 6.24. The van der Waals surface area contributed by atoms with E-state index in [1.165, 1.54) is 0 Å². The van der Waals surface area contributed by atoms with Gasteiger partial charge in [0.05, 0.1) is 30.8 Å². The van der Waals surface area contributed by atoms with Gasteiger partial charge >= 0.3 is 0 Å². The molecular formula is C21H30O4. The molecule has 0 aromatic carbocycles. The second kappa shape index (κ2) is 4.96. The average molecular weight is 346 g/mol. The molecule has 1 heterocycles. The van der Waals surface area contributed by atoms with Crippen LogP contribution in [0.3, 0.4) is 0 Å². The smallest absolute Gasteiger partial charge is 0.167 e. The largest absolute Gasteiger partial charge is 0.394 e. The van der Waals surface area contributed by atoms with Gasteiger partial charge in [0.1, 0.15) is 0 Å². The van der Waals surface area contributed by atoms with Crippen molar-refractivity contribution in [3.05, 3.63) is 12.2 Å². The SMILES string of the molecule is C=C1C(=O)C23CC[C@H]1CC2[C@@]12CCC[C@@](C)(CO[C@H]1CO)C2C[C@H]3O. The van der Waals surface area contributed by atoms with E-state index in [1.807, 2.05) is 0 Å². The van der Waals surface area contributed by atoms with Crippen LogP contribution < -0.4 is 0 Å². The normalized spacial score (nSPS) is 57.2. The van der Waals surface area contributed by atoms with Gasteiger partial charge in [-0.2, -0.15) is 0 Å². The van der Waals surface area contributed by atoms with Gasteiger partial charge in [-0.15, -0.1) is 0 Å². The molecule has 6 fully saturated rings. The first-order valence-electron chi connectivity index (χ1n) is 10.0. The Morgan fingerprint density at radius 2 is 2.04 bits per heavy atom.